The number of aryl methyl sites for hydroxylation is 1. The molecule has 41 heavy (non-hydrogen) atoms. The molecule has 5 nitrogen and oxygen atoms in total. The minimum atomic E-state index is -0.348. The van der Waals surface area contributed by atoms with Crippen LogP contribution in [0.4, 0.5) is 4.39 Å². The number of carbonyl (C=O) groups is 1. The first-order valence-corrected chi connectivity index (χ1v) is 14.0. The van der Waals surface area contributed by atoms with E-state index in [0.717, 1.165) is 60.3 Å². The molecule has 0 saturated carbocycles. The van der Waals surface area contributed by atoms with Crippen molar-refractivity contribution in [1.82, 2.24) is 9.88 Å². The molecule has 1 amide bonds. The number of amides is 1. The lowest BCUT2D eigenvalue weighted by Gasteiger charge is -2.23. The van der Waals surface area contributed by atoms with Gasteiger partial charge in [-0.25, -0.2) is 4.39 Å². The van der Waals surface area contributed by atoms with Crippen LogP contribution in [0.2, 0.25) is 0 Å². The van der Waals surface area contributed by atoms with Crippen LogP contribution in [0.25, 0.3) is 5.57 Å². The van der Waals surface area contributed by atoms with Crippen LogP contribution in [0.15, 0.2) is 103 Å². The van der Waals surface area contributed by atoms with Crippen molar-refractivity contribution in [1.29, 1.82) is 0 Å². The first-order valence-electron chi connectivity index (χ1n) is 14.0. The van der Waals surface area contributed by atoms with Gasteiger partial charge in [0.2, 0.25) is 0 Å². The highest BCUT2D eigenvalue weighted by atomic mass is 19.1. The fourth-order valence-electron chi connectivity index (χ4n) is 4.74. The second kappa shape index (κ2) is 15.4. The van der Waals surface area contributed by atoms with Gasteiger partial charge in [0, 0.05) is 31.0 Å². The van der Waals surface area contributed by atoms with Gasteiger partial charge in [-0.3, -0.25) is 9.78 Å². The molecule has 0 aliphatic carbocycles. The number of halogens is 1. The van der Waals surface area contributed by atoms with Gasteiger partial charge in [-0.2, -0.15) is 0 Å². The number of hydrogen-bond acceptors (Lipinski definition) is 4. The Morgan fingerprint density at radius 2 is 1.37 bits per heavy atom. The Balaban J connectivity index is 1.45. The molecule has 3 aromatic carbocycles. The van der Waals surface area contributed by atoms with E-state index in [1.165, 1.54) is 17.7 Å². The zero-order valence-electron chi connectivity index (χ0n) is 23.8. The lowest BCUT2D eigenvalue weighted by molar-refractivity contribution is 0.0751. The molecule has 6 heteroatoms. The van der Waals surface area contributed by atoms with Gasteiger partial charge in [-0.15, -0.1) is 0 Å². The van der Waals surface area contributed by atoms with Crippen molar-refractivity contribution in [2.75, 3.05) is 27.3 Å². The van der Waals surface area contributed by atoms with Crippen LogP contribution in [0.1, 0.15) is 52.7 Å². The first-order chi connectivity index (χ1) is 20.1. The van der Waals surface area contributed by atoms with Crippen LogP contribution >= 0.6 is 0 Å². The number of methoxy groups -OCH3 is 2. The zero-order chi connectivity index (χ0) is 28.9. The van der Waals surface area contributed by atoms with Gasteiger partial charge < -0.3 is 14.4 Å². The third-order valence-corrected chi connectivity index (χ3v) is 7.03. The number of ether oxygens (including phenoxy) is 2. The summed E-state index contributed by atoms with van der Waals surface area (Å²) in [6.07, 6.45) is 10.2. The summed E-state index contributed by atoms with van der Waals surface area (Å²) >= 11 is 0. The van der Waals surface area contributed by atoms with Crippen LogP contribution < -0.4 is 9.47 Å². The predicted octanol–water partition coefficient (Wildman–Crippen LogP) is 7.62. The number of aromatic nitrogens is 1. The van der Waals surface area contributed by atoms with Crippen LogP contribution in [0.3, 0.4) is 0 Å². The van der Waals surface area contributed by atoms with Crippen molar-refractivity contribution < 1.29 is 18.7 Å². The topological polar surface area (TPSA) is 51.7 Å². The van der Waals surface area contributed by atoms with Crippen LogP contribution in [-0.2, 0) is 6.42 Å². The standard InChI is InChI=1S/C35H37FN2O3/c1-40-32-19-13-28(14-20-32)34(29-15-21-33(41-2)22-16-29)10-4-6-25-38(35(39)30-11-17-31(36)18-12-30)24-5-3-8-27-9-7-23-37-26-27/h7,9-23,26H,3-6,8,24-25H2,1-2H3. The average molecular weight is 553 g/mol. The molecule has 0 unspecified atom stereocenters. The smallest absolute Gasteiger partial charge is 0.253 e. The van der Waals surface area contributed by atoms with Crippen LogP contribution in [0, 0.1) is 5.82 Å². The lowest BCUT2D eigenvalue weighted by Crippen LogP contribution is -2.33. The van der Waals surface area contributed by atoms with Crippen molar-refractivity contribution in [2.45, 2.75) is 32.1 Å². The monoisotopic (exact) mass is 552 g/mol. The Bertz CT molecular complexity index is 1340. The van der Waals surface area contributed by atoms with Crippen molar-refractivity contribution in [2.24, 2.45) is 0 Å². The van der Waals surface area contributed by atoms with Gasteiger partial charge in [-0.1, -0.05) is 36.4 Å². The van der Waals surface area contributed by atoms with Crippen molar-refractivity contribution in [3.05, 3.63) is 131 Å². The molecule has 0 saturated heterocycles. The van der Waals surface area contributed by atoms with Crippen molar-refractivity contribution >= 4 is 11.5 Å². The number of pyridine rings is 1. The molecule has 0 aliphatic rings. The number of rotatable bonds is 14. The summed E-state index contributed by atoms with van der Waals surface area (Å²) in [5.74, 6) is 1.20. The molecule has 0 spiro atoms. The summed E-state index contributed by atoms with van der Waals surface area (Å²) in [6.45, 7) is 1.25. The van der Waals surface area contributed by atoms with Crippen molar-refractivity contribution in [3.63, 3.8) is 0 Å². The molecule has 212 valence electrons. The molecule has 0 radical (unpaired) electrons. The third-order valence-electron chi connectivity index (χ3n) is 7.03. The minimum Gasteiger partial charge on any atom is -0.497 e. The Kier molecular flexibility index (Phi) is 11.1. The Labute approximate surface area is 242 Å². The molecule has 0 fully saturated rings. The van der Waals surface area contributed by atoms with E-state index in [1.54, 1.807) is 32.5 Å². The van der Waals surface area contributed by atoms with Crippen LogP contribution in [0.5, 0.6) is 11.5 Å². The summed E-state index contributed by atoms with van der Waals surface area (Å²) in [5.41, 5.74) is 4.99. The van der Waals surface area contributed by atoms with Gasteiger partial charge in [0.1, 0.15) is 17.3 Å². The van der Waals surface area contributed by atoms with Gasteiger partial charge in [0.15, 0.2) is 0 Å². The third kappa shape index (κ3) is 8.77. The normalized spacial score (nSPS) is 10.6. The maximum Gasteiger partial charge on any atom is 0.253 e. The number of unbranched alkanes of at least 4 members (excludes halogenated alkanes) is 2. The van der Waals surface area contributed by atoms with E-state index in [1.807, 2.05) is 41.4 Å². The maximum absolute atomic E-state index is 13.5. The average Bonchev–Trinajstić information content (AvgIpc) is 3.03. The Morgan fingerprint density at radius 1 is 0.780 bits per heavy atom. The van der Waals surface area contributed by atoms with E-state index < -0.39 is 0 Å². The quantitative estimate of drug-likeness (QED) is 0.151. The first kappa shape index (κ1) is 29.5. The van der Waals surface area contributed by atoms with E-state index in [-0.39, 0.29) is 11.7 Å². The number of nitrogens with zero attached hydrogens (tertiary/aromatic N) is 2. The largest absolute Gasteiger partial charge is 0.497 e. The number of hydrogen-bond donors (Lipinski definition) is 0. The number of allylic oxidation sites excluding steroid dienone is 1. The second-order valence-electron chi connectivity index (χ2n) is 9.83. The van der Waals surface area contributed by atoms with Gasteiger partial charge in [0.25, 0.3) is 5.91 Å². The molecule has 0 atom stereocenters. The minimum absolute atomic E-state index is 0.0686. The second-order valence-corrected chi connectivity index (χ2v) is 9.83. The van der Waals surface area contributed by atoms with Crippen molar-refractivity contribution in [3.8, 4) is 11.5 Å². The summed E-state index contributed by atoms with van der Waals surface area (Å²) in [7, 11) is 3.32. The highest BCUT2D eigenvalue weighted by Gasteiger charge is 2.15. The Morgan fingerprint density at radius 3 is 1.93 bits per heavy atom. The highest BCUT2D eigenvalue weighted by Crippen LogP contribution is 2.28. The van der Waals surface area contributed by atoms with E-state index in [9.17, 15) is 9.18 Å². The predicted molar refractivity (Wildman–Crippen MR) is 162 cm³/mol. The van der Waals surface area contributed by atoms with Gasteiger partial charge in [0.05, 0.1) is 14.2 Å². The molecule has 1 aromatic heterocycles. The van der Waals surface area contributed by atoms with Gasteiger partial charge in [-0.05, 0) is 109 Å². The molecule has 0 N–H and O–H groups in total. The fourth-order valence-corrected chi connectivity index (χ4v) is 4.74. The lowest BCUT2D eigenvalue weighted by atomic mass is 9.96. The zero-order valence-corrected chi connectivity index (χ0v) is 23.8. The Hall–Kier alpha value is -4.45. The SMILES string of the molecule is COc1ccc(C(=CCCCN(CCCCc2cccnc2)C(=O)c2ccc(F)cc2)c2ccc(OC)cc2)cc1. The van der Waals surface area contributed by atoms with E-state index in [2.05, 4.69) is 41.4 Å². The summed E-state index contributed by atoms with van der Waals surface area (Å²) in [6, 6.07) is 25.9. The molecule has 4 rings (SSSR count). The summed E-state index contributed by atoms with van der Waals surface area (Å²) < 4.78 is 24.2. The summed E-state index contributed by atoms with van der Waals surface area (Å²) in [4.78, 5) is 19.4. The number of carbonyl (C=O) groups excluding carboxylic acids is 1. The fraction of sp³-hybridized carbons (Fsp3) is 0.257. The molecular weight excluding hydrogens is 515 g/mol. The van der Waals surface area contributed by atoms with E-state index in [4.69, 9.17) is 9.47 Å². The molecule has 4 aromatic rings. The van der Waals surface area contributed by atoms with E-state index >= 15 is 0 Å². The molecule has 0 aliphatic heterocycles. The summed E-state index contributed by atoms with van der Waals surface area (Å²) in [5, 5.41) is 0. The van der Waals surface area contributed by atoms with Gasteiger partial charge >= 0.3 is 0 Å². The maximum atomic E-state index is 13.5. The molecule has 1 heterocycles. The van der Waals surface area contributed by atoms with E-state index in [0.29, 0.717) is 18.7 Å². The number of benzene rings is 3. The molecule has 0 bridgehead atoms. The van der Waals surface area contributed by atoms with Crippen LogP contribution in [-0.4, -0.2) is 43.1 Å². The highest BCUT2D eigenvalue weighted by molar-refractivity contribution is 5.94. The molecular formula is C35H37FN2O3.